The second-order valence-corrected chi connectivity index (χ2v) is 3.63. The van der Waals surface area contributed by atoms with E-state index < -0.39 is 0 Å². The molecule has 0 atom stereocenters. The van der Waals surface area contributed by atoms with Crippen molar-refractivity contribution < 1.29 is 4.79 Å². The van der Waals surface area contributed by atoms with Crippen LogP contribution in [0, 0.1) is 0 Å². The first-order valence-corrected chi connectivity index (χ1v) is 5.15. The number of nitrogens with zero attached hydrogens (tertiary/aromatic N) is 3. The van der Waals surface area contributed by atoms with Crippen LogP contribution in [-0.4, -0.2) is 21.1 Å². The second-order valence-electron chi connectivity index (χ2n) is 3.63. The van der Waals surface area contributed by atoms with Gasteiger partial charge >= 0.3 is 0 Å². The van der Waals surface area contributed by atoms with Gasteiger partial charge in [-0.15, -0.1) is 0 Å². The van der Waals surface area contributed by atoms with E-state index in [9.17, 15) is 4.79 Å². The quantitative estimate of drug-likeness (QED) is 0.665. The van der Waals surface area contributed by atoms with Gasteiger partial charge < -0.3 is 0 Å². The molecular weight excluding hydrogens is 214 g/mol. The van der Waals surface area contributed by atoms with E-state index in [0.29, 0.717) is 5.56 Å². The average Bonchev–Trinajstić information content (AvgIpc) is 2.83. The molecule has 4 nitrogen and oxygen atoms in total. The topological polar surface area (TPSA) is 47.8 Å². The SMILES string of the molecule is O=[C]c1cccc2nn(-c3cccnc3)cc12. The molecule has 0 fully saturated rings. The molecule has 0 N–H and O–H groups in total. The third-order valence-electron chi connectivity index (χ3n) is 2.57. The van der Waals surface area contributed by atoms with Crippen molar-refractivity contribution in [1.29, 1.82) is 0 Å². The number of hydrogen-bond donors (Lipinski definition) is 0. The molecule has 81 valence electrons. The van der Waals surface area contributed by atoms with Crippen molar-refractivity contribution in [2.45, 2.75) is 0 Å². The molecule has 3 rings (SSSR count). The summed E-state index contributed by atoms with van der Waals surface area (Å²) < 4.78 is 1.71. The molecule has 0 saturated carbocycles. The lowest BCUT2D eigenvalue weighted by Gasteiger charge is -1.97. The van der Waals surface area contributed by atoms with E-state index in [1.807, 2.05) is 30.7 Å². The standard InChI is InChI=1S/C13H8N3O/c17-9-10-3-1-5-13-12(10)8-16(15-13)11-4-2-6-14-7-11/h1-8H. The van der Waals surface area contributed by atoms with E-state index in [0.717, 1.165) is 16.6 Å². The van der Waals surface area contributed by atoms with Gasteiger partial charge in [-0.1, -0.05) is 12.1 Å². The minimum absolute atomic E-state index is 0.526. The van der Waals surface area contributed by atoms with Crippen molar-refractivity contribution in [3.8, 4) is 5.69 Å². The molecule has 1 aromatic carbocycles. The molecule has 0 aliphatic heterocycles. The summed E-state index contributed by atoms with van der Waals surface area (Å²) in [5.41, 5.74) is 2.16. The van der Waals surface area contributed by atoms with Gasteiger partial charge in [-0.05, 0) is 18.2 Å². The summed E-state index contributed by atoms with van der Waals surface area (Å²) >= 11 is 0. The van der Waals surface area contributed by atoms with Crippen LogP contribution in [0.4, 0.5) is 0 Å². The predicted octanol–water partition coefficient (Wildman–Crippen LogP) is 1.88. The van der Waals surface area contributed by atoms with Crippen LogP contribution in [0.25, 0.3) is 16.6 Å². The van der Waals surface area contributed by atoms with Crippen LogP contribution in [0.5, 0.6) is 0 Å². The maximum absolute atomic E-state index is 10.8. The normalized spacial score (nSPS) is 10.6. The molecule has 0 bridgehead atoms. The van der Waals surface area contributed by atoms with Gasteiger partial charge in [0.05, 0.1) is 17.4 Å². The van der Waals surface area contributed by atoms with Gasteiger partial charge in [0.1, 0.15) is 0 Å². The smallest absolute Gasteiger partial charge is 0.234 e. The van der Waals surface area contributed by atoms with E-state index in [1.54, 1.807) is 29.2 Å². The molecule has 3 aromatic rings. The Morgan fingerprint density at radius 1 is 1.18 bits per heavy atom. The lowest BCUT2D eigenvalue weighted by atomic mass is 10.1. The zero-order valence-electron chi connectivity index (χ0n) is 8.87. The second kappa shape index (κ2) is 3.83. The van der Waals surface area contributed by atoms with Crippen molar-refractivity contribution in [3.63, 3.8) is 0 Å². The van der Waals surface area contributed by atoms with Crippen LogP contribution in [0.2, 0.25) is 0 Å². The lowest BCUT2D eigenvalue weighted by molar-refractivity contribution is 0.563. The fourth-order valence-electron chi connectivity index (χ4n) is 1.75. The molecule has 4 heteroatoms. The van der Waals surface area contributed by atoms with Crippen molar-refractivity contribution in [2.75, 3.05) is 0 Å². The summed E-state index contributed by atoms with van der Waals surface area (Å²) in [6.07, 6.45) is 7.15. The first-order valence-electron chi connectivity index (χ1n) is 5.15. The molecule has 2 aromatic heterocycles. The molecule has 0 saturated heterocycles. The fraction of sp³-hybridized carbons (Fsp3) is 0. The summed E-state index contributed by atoms with van der Waals surface area (Å²) in [5, 5.41) is 5.19. The number of carbonyl (C=O) groups excluding carboxylic acids is 1. The minimum atomic E-state index is 0.526. The highest BCUT2D eigenvalue weighted by atomic mass is 16.1. The van der Waals surface area contributed by atoms with Gasteiger partial charge in [0.25, 0.3) is 0 Å². The van der Waals surface area contributed by atoms with Gasteiger partial charge in [-0.2, -0.15) is 5.10 Å². The summed E-state index contributed by atoms with van der Waals surface area (Å²) in [6.45, 7) is 0. The molecule has 0 amide bonds. The van der Waals surface area contributed by atoms with Crippen molar-refractivity contribution in [1.82, 2.24) is 14.8 Å². The largest absolute Gasteiger partial charge is 0.285 e. The number of rotatable bonds is 2. The Kier molecular flexibility index (Phi) is 2.19. The number of pyridine rings is 1. The monoisotopic (exact) mass is 222 g/mol. The molecule has 0 unspecified atom stereocenters. The Balaban J connectivity index is 2.24. The Morgan fingerprint density at radius 3 is 2.88 bits per heavy atom. The molecule has 0 spiro atoms. The zero-order valence-corrected chi connectivity index (χ0v) is 8.87. The van der Waals surface area contributed by atoms with Crippen molar-refractivity contribution >= 4 is 17.2 Å². The van der Waals surface area contributed by atoms with Crippen LogP contribution >= 0.6 is 0 Å². The van der Waals surface area contributed by atoms with Crippen LogP contribution in [0.15, 0.2) is 48.9 Å². The van der Waals surface area contributed by atoms with E-state index in [1.165, 1.54) is 0 Å². The summed E-state index contributed by atoms with van der Waals surface area (Å²) in [5.74, 6) is 0. The lowest BCUT2D eigenvalue weighted by Crippen LogP contribution is -1.93. The molecular formula is C13H8N3O. The van der Waals surface area contributed by atoms with Gasteiger partial charge in [-0.25, -0.2) is 4.68 Å². The predicted molar refractivity (Wildman–Crippen MR) is 63.7 cm³/mol. The highest BCUT2D eigenvalue weighted by Gasteiger charge is 2.06. The number of aromatic nitrogens is 3. The van der Waals surface area contributed by atoms with Gasteiger partial charge in [0, 0.05) is 23.3 Å². The highest BCUT2D eigenvalue weighted by Crippen LogP contribution is 2.18. The van der Waals surface area contributed by atoms with Crippen LogP contribution in [0.1, 0.15) is 5.56 Å². The highest BCUT2D eigenvalue weighted by molar-refractivity contribution is 5.96. The summed E-state index contributed by atoms with van der Waals surface area (Å²) in [7, 11) is 0. The van der Waals surface area contributed by atoms with Crippen molar-refractivity contribution in [3.05, 3.63) is 54.5 Å². The third-order valence-corrected chi connectivity index (χ3v) is 2.57. The summed E-state index contributed by atoms with van der Waals surface area (Å²) in [4.78, 5) is 14.8. The Labute approximate surface area is 97.5 Å². The summed E-state index contributed by atoms with van der Waals surface area (Å²) in [6, 6.07) is 9.13. The maximum atomic E-state index is 10.8. The van der Waals surface area contributed by atoms with Crippen LogP contribution in [-0.2, 0) is 4.79 Å². The Hall–Kier alpha value is -2.49. The van der Waals surface area contributed by atoms with Gasteiger partial charge in [0.15, 0.2) is 0 Å². The third kappa shape index (κ3) is 1.59. The van der Waals surface area contributed by atoms with E-state index in [-0.39, 0.29) is 0 Å². The first kappa shape index (κ1) is 9.72. The van der Waals surface area contributed by atoms with Gasteiger partial charge in [0.2, 0.25) is 6.29 Å². The number of benzene rings is 1. The first-order chi connectivity index (χ1) is 8.38. The molecule has 1 radical (unpaired) electrons. The molecule has 0 aliphatic carbocycles. The van der Waals surface area contributed by atoms with Gasteiger partial charge in [-0.3, -0.25) is 9.78 Å². The van der Waals surface area contributed by atoms with Crippen molar-refractivity contribution in [2.24, 2.45) is 0 Å². The van der Waals surface area contributed by atoms with Crippen LogP contribution < -0.4 is 0 Å². The van der Waals surface area contributed by atoms with Crippen LogP contribution in [0.3, 0.4) is 0 Å². The number of hydrogen-bond acceptors (Lipinski definition) is 3. The minimum Gasteiger partial charge on any atom is -0.285 e. The molecule has 17 heavy (non-hydrogen) atoms. The maximum Gasteiger partial charge on any atom is 0.234 e. The zero-order chi connectivity index (χ0) is 11.7. The number of fused-ring (bicyclic) bond motifs is 1. The van der Waals surface area contributed by atoms with E-state index in [4.69, 9.17) is 0 Å². The van der Waals surface area contributed by atoms with E-state index >= 15 is 0 Å². The van der Waals surface area contributed by atoms with E-state index in [2.05, 4.69) is 10.1 Å². The fourth-order valence-corrected chi connectivity index (χ4v) is 1.75. The molecule has 2 heterocycles. The average molecular weight is 222 g/mol. The molecule has 0 aliphatic rings. The Bertz CT molecular complexity index is 673. The Morgan fingerprint density at radius 2 is 2.12 bits per heavy atom.